The van der Waals surface area contributed by atoms with Gasteiger partial charge in [0.2, 0.25) is 5.91 Å². The van der Waals surface area contributed by atoms with Gasteiger partial charge in [-0.2, -0.15) is 0 Å². The number of unbranched alkanes of at least 4 members (excludes halogenated alkanes) is 4. The third kappa shape index (κ3) is 7.24. The second-order valence-corrected chi connectivity index (χ2v) is 8.18. The molecular weight excluding hydrogens is 418 g/mol. The molecule has 33 heavy (non-hydrogen) atoms. The molecule has 2 rings (SSSR count). The molecule has 0 fully saturated rings. The molecule has 6 heteroatoms. The summed E-state index contributed by atoms with van der Waals surface area (Å²) in [5.74, 6) is 1.01. The second-order valence-electron chi connectivity index (χ2n) is 8.18. The second kappa shape index (κ2) is 13.5. The number of amides is 1. The average Bonchev–Trinajstić information content (AvgIpc) is 2.83. The minimum atomic E-state index is -0.783. The van der Waals surface area contributed by atoms with Crippen LogP contribution in [-0.2, 0) is 9.59 Å². The molecule has 0 spiro atoms. The summed E-state index contributed by atoms with van der Waals surface area (Å²) in [5.41, 5.74) is 1.25. The molecule has 1 atom stereocenters. The zero-order chi connectivity index (χ0) is 24.2. The first kappa shape index (κ1) is 26.2. The summed E-state index contributed by atoms with van der Waals surface area (Å²) in [5, 5.41) is 9.79. The van der Waals surface area contributed by atoms with Gasteiger partial charge in [0, 0.05) is 24.6 Å². The van der Waals surface area contributed by atoms with E-state index >= 15 is 0 Å². The maximum absolute atomic E-state index is 13.6. The number of Topliss-reactive ketones (excluding diaryl/α,β-unsaturated/α-hetero) is 1. The van der Waals surface area contributed by atoms with E-state index in [4.69, 9.17) is 9.47 Å². The smallest absolute Gasteiger partial charge is 0.227 e. The van der Waals surface area contributed by atoms with E-state index < -0.39 is 6.04 Å². The van der Waals surface area contributed by atoms with Gasteiger partial charge in [-0.3, -0.25) is 14.5 Å². The van der Waals surface area contributed by atoms with E-state index in [0.29, 0.717) is 35.6 Å². The summed E-state index contributed by atoms with van der Waals surface area (Å²) < 4.78 is 10.8. The largest absolute Gasteiger partial charge is 0.508 e. The maximum Gasteiger partial charge on any atom is 0.227 e. The average molecular weight is 456 g/mol. The van der Waals surface area contributed by atoms with Crippen LogP contribution in [0.2, 0.25) is 0 Å². The summed E-state index contributed by atoms with van der Waals surface area (Å²) in [6.45, 7) is 4.16. The van der Waals surface area contributed by atoms with Crippen LogP contribution in [0.25, 0.3) is 0 Å². The van der Waals surface area contributed by atoms with Crippen molar-refractivity contribution in [2.45, 2.75) is 71.3 Å². The molecule has 0 saturated carbocycles. The first-order valence-electron chi connectivity index (χ1n) is 11.8. The quantitative estimate of drug-likeness (QED) is 0.343. The number of aromatic hydroxyl groups is 1. The van der Waals surface area contributed by atoms with Crippen LogP contribution in [0, 0.1) is 0 Å². The number of benzene rings is 2. The molecule has 0 saturated heterocycles. The number of rotatable bonds is 14. The first-order valence-corrected chi connectivity index (χ1v) is 11.8. The number of methoxy groups -OCH3 is 2. The molecule has 1 unspecified atom stereocenters. The van der Waals surface area contributed by atoms with Crippen LogP contribution in [0.4, 0.5) is 5.69 Å². The standard InChI is InChI=1S/C27H37NO5/c1-5-7-9-10-11-23(30)27(20-13-16-22(29)17-14-20)28(26(31)12-8-6-2)21-15-18-24(32-3)25(19-21)33-4/h13-19,27,29H,5-12H2,1-4H3. The predicted octanol–water partition coefficient (Wildman–Crippen LogP) is 6.21. The van der Waals surface area contributed by atoms with Gasteiger partial charge in [-0.05, 0) is 42.7 Å². The fourth-order valence-corrected chi connectivity index (χ4v) is 3.86. The molecule has 0 aliphatic carbocycles. The molecule has 1 amide bonds. The van der Waals surface area contributed by atoms with Crippen LogP contribution in [0.5, 0.6) is 17.2 Å². The SMILES string of the molecule is CCCCCCC(=O)C(c1ccc(O)cc1)N(C(=O)CCCC)c1ccc(OC)c(OC)c1. The Morgan fingerprint density at radius 3 is 2.12 bits per heavy atom. The van der Waals surface area contributed by atoms with E-state index in [1.54, 1.807) is 61.6 Å². The van der Waals surface area contributed by atoms with E-state index in [2.05, 4.69) is 6.92 Å². The van der Waals surface area contributed by atoms with E-state index in [9.17, 15) is 14.7 Å². The molecule has 0 heterocycles. The summed E-state index contributed by atoms with van der Waals surface area (Å²) >= 11 is 0. The van der Waals surface area contributed by atoms with Crippen molar-refractivity contribution >= 4 is 17.4 Å². The van der Waals surface area contributed by atoms with Crippen molar-refractivity contribution in [1.82, 2.24) is 0 Å². The van der Waals surface area contributed by atoms with Crippen molar-refractivity contribution < 1.29 is 24.2 Å². The molecular formula is C27H37NO5. The minimum absolute atomic E-state index is 0.0172. The van der Waals surface area contributed by atoms with Crippen LogP contribution in [-0.4, -0.2) is 31.0 Å². The Balaban J connectivity index is 2.54. The maximum atomic E-state index is 13.6. The van der Waals surface area contributed by atoms with Gasteiger partial charge in [0.05, 0.1) is 14.2 Å². The summed E-state index contributed by atoms with van der Waals surface area (Å²) in [6.07, 6.45) is 6.25. The van der Waals surface area contributed by atoms with Gasteiger partial charge < -0.3 is 14.6 Å². The zero-order valence-electron chi connectivity index (χ0n) is 20.3. The summed E-state index contributed by atoms with van der Waals surface area (Å²) in [4.78, 5) is 28.6. The lowest BCUT2D eigenvalue weighted by atomic mass is 9.95. The third-order valence-corrected chi connectivity index (χ3v) is 5.71. The number of nitrogens with zero attached hydrogens (tertiary/aromatic N) is 1. The van der Waals surface area contributed by atoms with Gasteiger partial charge in [-0.1, -0.05) is 51.7 Å². The minimum Gasteiger partial charge on any atom is -0.508 e. The topological polar surface area (TPSA) is 76.1 Å². The Hall–Kier alpha value is -3.02. The van der Waals surface area contributed by atoms with Crippen molar-refractivity contribution in [2.24, 2.45) is 0 Å². The molecule has 0 aromatic heterocycles. The Bertz CT molecular complexity index is 894. The van der Waals surface area contributed by atoms with Gasteiger partial charge in [0.1, 0.15) is 11.8 Å². The number of ketones is 1. The van der Waals surface area contributed by atoms with Gasteiger partial charge in [-0.15, -0.1) is 0 Å². The highest BCUT2D eigenvalue weighted by Gasteiger charge is 2.32. The predicted molar refractivity (Wildman–Crippen MR) is 131 cm³/mol. The highest BCUT2D eigenvalue weighted by Crippen LogP contribution is 2.37. The highest BCUT2D eigenvalue weighted by atomic mass is 16.5. The molecule has 6 nitrogen and oxygen atoms in total. The van der Waals surface area contributed by atoms with Crippen molar-refractivity contribution in [1.29, 1.82) is 0 Å². The van der Waals surface area contributed by atoms with Crippen LogP contribution >= 0.6 is 0 Å². The lowest BCUT2D eigenvalue weighted by molar-refractivity contribution is -0.125. The summed E-state index contributed by atoms with van der Waals surface area (Å²) in [7, 11) is 3.10. The number of hydrogen-bond acceptors (Lipinski definition) is 5. The number of carbonyl (C=O) groups is 2. The Morgan fingerprint density at radius 2 is 1.52 bits per heavy atom. The molecule has 2 aromatic rings. The van der Waals surface area contributed by atoms with Crippen LogP contribution in [0.1, 0.15) is 76.8 Å². The lowest BCUT2D eigenvalue weighted by Gasteiger charge is -2.32. The first-order chi connectivity index (χ1) is 16.0. The molecule has 0 aliphatic heterocycles. The van der Waals surface area contributed by atoms with Crippen LogP contribution in [0.3, 0.4) is 0 Å². The fourth-order valence-electron chi connectivity index (χ4n) is 3.86. The number of phenolic OH excluding ortho intramolecular Hbond substituents is 1. The van der Waals surface area contributed by atoms with Crippen molar-refractivity contribution in [3.8, 4) is 17.2 Å². The Kier molecular flexibility index (Phi) is 10.7. The summed E-state index contributed by atoms with van der Waals surface area (Å²) in [6, 6.07) is 11.0. The number of ether oxygens (including phenoxy) is 2. The number of anilines is 1. The molecule has 0 radical (unpaired) electrons. The van der Waals surface area contributed by atoms with Crippen molar-refractivity contribution in [3.05, 3.63) is 48.0 Å². The lowest BCUT2D eigenvalue weighted by Crippen LogP contribution is -2.39. The zero-order valence-corrected chi connectivity index (χ0v) is 20.3. The van der Waals surface area contributed by atoms with E-state index in [1.807, 2.05) is 6.92 Å². The van der Waals surface area contributed by atoms with Crippen molar-refractivity contribution in [2.75, 3.05) is 19.1 Å². The molecule has 2 aromatic carbocycles. The number of carbonyl (C=O) groups excluding carboxylic acids is 2. The van der Waals surface area contributed by atoms with E-state index in [1.165, 1.54) is 0 Å². The highest BCUT2D eigenvalue weighted by molar-refractivity contribution is 6.02. The van der Waals surface area contributed by atoms with Crippen LogP contribution in [0.15, 0.2) is 42.5 Å². The van der Waals surface area contributed by atoms with E-state index in [-0.39, 0.29) is 17.4 Å². The fraction of sp³-hybridized carbons (Fsp3) is 0.481. The van der Waals surface area contributed by atoms with Crippen LogP contribution < -0.4 is 14.4 Å². The Labute approximate surface area is 197 Å². The number of phenols is 1. The van der Waals surface area contributed by atoms with Gasteiger partial charge in [0.15, 0.2) is 17.3 Å². The third-order valence-electron chi connectivity index (χ3n) is 5.71. The number of hydrogen-bond donors (Lipinski definition) is 1. The van der Waals surface area contributed by atoms with E-state index in [0.717, 1.165) is 38.5 Å². The molecule has 1 N–H and O–H groups in total. The van der Waals surface area contributed by atoms with Gasteiger partial charge in [0.25, 0.3) is 0 Å². The van der Waals surface area contributed by atoms with Gasteiger partial charge >= 0.3 is 0 Å². The molecule has 0 bridgehead atoms. The monoisotopic (exact) mass is 455 g/mol. The Morgan fingerprint density at radius 1 is 0.848 bits per heavy atom. The van der Waals surface area contributed by atoms with Crippen molar-refractivity contribution in [3.63, 3.8) is 0 Å². The van der Waals surface area contributed by atoms with Gasteiger partial charge in [-0.25, -0.2) is 0 Å². The molecule has 180 valence electrons. The normalized spacial score (nSPS) is 11.6. The molecule has 0 aliphatic rings.